The molecule has 122 valence electrons. The lowest BCUT2D eigenvalue weighted by atomic mass is 9.99. The molecule has 2 N–H and O–H groups in total. The van der Waals surface area contributed by atoms with Crippen LogP contribution in [0.3, 0.4) is 0 Å². The van der Waals surface area contributed by atoms with Gasteiger partial charge in [0.1, 0.15) is 11.8 Å². The van der Waals surface area contributed by atoms with E-state index in [2.05, 4.69) is 5.32 Å². The Labute approximate surface area is 127 Å². The Morgan fingerprint density at radius 1 is 1.27 bits per heavy atom. The van der Waals surface area contributed by atoms with E-state index in [1.54, 1.807) is 38.3 Å². The van der Waals surface area contributed by atoms with Crippen LogP contribution in [-0.4, -0.2) is 36.6 Å². The average Bonchev–Trinajstić information content (AvgIpc) is 2.46. The Morgan fingerprint density at radius 2 is 1.86 bits per heavy atom. The number of carboxylic acid groups (broad SMARTS) is 1. The van der Waals surface area contributed by atoms with Crippen LogP contribution >= 0.6 is 0 Å². The summed E-state index contributed by atoms with van der Waals surface area (Å²) in [5.74, 6) is -1.88. The van der Waals surface area contributed by atoms with Crippen molar-refractivity contribution in [1.82, 2.24) is 5.32 Å². The van der Waals surface area contributed by atoms with Gasteiger partial charge in [-0.05, 0) is 24.1 Å². The number of carboxylic acids is 1. The fourth-order valence-corrected chi connectivity index (χ4v) is 1.92. The second kappa shape index (κ2) is 8.31. The van der Waals surface area contributed by atoms with Gasteiger partial charge in [0.15, 0.2) is 0 Å². The van der Waals surface area contributed by atoms with Crippen LogP contribution in [0.25, 0.3) is 0 Å². The monoisotopic (exact) mass is 315 g/mol. The van der Waals surface area contributed by atoms with Crippen LogP contribution in [-0.2, 0) is 16.0 Å². The number of aliphatic carboxylic acids is 1. The van der Waals surface area contributed by atoms with Crippen LogP contribution < -0.4 is 10.1 Å². The summed E-state index contributed by atoms with van der Waals surface area (Å²) in [6, 6.07) is 5.49. The number of nitrogens with one attached hydrogen (secondary N) is 1. The predicted molar refractivity (Wildman–Crippen MR) is 76.0 cm³/mol. The van der Waals surface area contributed by atoms with Crippen LogP contribution in [0.1, 0.15) is 18.9 Å². The third kappa shape index (κ3) is 5.67. The minimum atomic E-state index is -2.79. The molecule has 22 heavy (non-hydrogen) atoms. The van der Waals surface area contributed by atoms with Crippen molar-refractivity contribution in [3.8, 4) is 5.75 Å². The molecule has 2 atom stereocenters. The number of hydrogen-bond donors (Lipinski definition) is 2. The number of methoxy groups -OCH3 is 1. The van der Waals surface area contributed by atoms with E-state index in [4.69, 9.17) is 9.84 Å². The molecule has 0 aromatic heterocycles. The lowest BCUT2D eigenvalue weighted by Gasteiger charge is -2.17. The molecule has 0 aliphatic carbocycles. The van der Waals surface area contributed by atoms with Crippen molar-refractivity contribution in [1.29, 1.82) is 0 Å². The SMILES string of the molecule is COc1ccc(CC(C)C(=O)NC(CC(F)F)C(=O)O)cc1. The second-order valence-corrected chi connectivity index (χ2v) is 4.98. The Hall–Kier alpha value is -2.18. The summed E-state index contributed by atoms with van der Waals surface area (Å²) < 4.78 is 29.6. The van der Waals surface area contributed by atoms with Gasteiger partial charge < -0.3 is 15.2 Å². The van der Waals surface area contributed by atoms with E-state index in [1.165, 1.54) is 0 Å². The van der Waals surface area contributed by atoms with E-state index < -0.39 is 36.7 Å². The number of alkyl halides is 2. The van der Waals surface area contributed by atoms with Gasteiger partial charge in [0.05, 0.1) is 7.11 Å². The molecule has 2 unspecified atom stereocenters. The molecule has 0 spiro atoms. The zero-order valence-electron chi connectivity index (χ0n) is 12.4. The molecule has 0 saturated heterocycles. The Morgan fingerprint density at radius 3 is 2.32 bits per heavy atom. The number of carbonyl (C=O) groups is 2. The normalized spacial score (nSPS) is 13.5. The summed E-state index contributed by atoms with van der Waals surface area (Å²) in [5, 5.41) is 11.0. The van der Waals surface area contributed by atoms with Gasteiger partial charge in [-0.25, -0.2) is 13.6 Å². The van der Waals surface area contributed by atoms with Crippen molar-refractivity contribution in [2.24, 2.45) is 5.92 Å². The van der Waals surface area contributed by atoms with E-state index >= 15 is 0 Å². The van der Waals surface area contributed by atoms with Crippen LogP contribution in [0, 0.1) is 5.92 Å². The fraction of sp³-hybridized carbons (Fsp3) is 0.467. The highest BCUT2D eigenvalue weighted by Crippen LogP contribution is 2.15. The molecule has 0 aliphatic heterocycles. The third-order valence-corrected chi connectivity index (χ3v) is 3.18. The minimum Gasteiger partial charge on any atom is -0.497 e. The number of rotatable bonds is 8. The first-order valence-corrected chi connectivity index (χ1v) is 6.77. The number of benzene rings is 1. The lowest BCUT2D eigenvalue weighted by molar-refractivity contribution is -0.143. The first-order valence-electron chi connectivity index (χ1n) is 6.77. The topological polar surface area (TPSA) is 75.6 Å². The highest BCUT2D eigenvalue weighted by molar-refractivity contribution is 5.84. The Kier molecular flexibility index (Phi) is 6.75. The van der Waals surface area contributed by atoms with Crippen molar-refractivity contribution in [2.45, 2.75) is 32.2 Å². The number of ether oxygens (including phenoxy) is 1. The summed E-state index contributed by atoms with van der Waals surface area (Å²) in [4.78, 5) is 22.8. The van der Waals surface area contributed by atoms with Crippen molar-refractivity contribution in [2.75, 3.05) is 7.11 Å². The molecular formula is C15H19F2NO4. The maximum atomic E-state index is 12.3. The molecule has 0 bridgehead atoms. The molecule has 0 radical (unpaired) electrons. The molecular weight excluding hydrogens is 296 g/mol. The Balaban J connectivity index is 2.61. The molecule has 0 saturated carbocycles. The van der Waals surface area contributed by atoms with Crippen LogP contribution in [0.2, 0.25) is 0 Å². The fourth-order valence-electron chi connectivity index (χ4n) is 1.92. The predicted octanol–water partition coefficient (Wildman–Crippen LogP) is 2.10. The van der Waals surface area contributed by atoms with Crippen LogP contribution in [0.4, 0.5) is 8.78 Å². The molecule has 0 aliphatic rings. The number of hydrogen-bond acceptors (Lipinski definition) is 3. The molecule has 1 aromatic carbocycles. The quantitative estimate of drug-likeness (QED) is 0.770. The largest absolute Gasteiger partial charge is 0.497 e. The highest BCUT2D eigenvalue weighted by atomic mass is 19.3. The minimum absolute atomic E-state index is 0.372. The molecule has 1 aromatic rings. The standard InChI is InChI=1S/C15H19F2NO4/c1-9(7-10-3-5-11(22-2)6-4-10)14(19)18-12(15(20)21)8-13(16)17/h3-6,9,12-13H,7-8H2,1-2H3,(H,18,19)(H,20,21). The smallest absolute Gasteiger partial charge is 0.326 e. The summed E-state index contributed by atoms with van der Waals surface area (Å²) in [7, 11) is 1.54. The zero-order chi connectivity index (χ0) is 16.7. The number of amides is 1. The third-order valence-electron chi connectivity index (χ3n) is 3.18. The zero-order valence-corrected chi connectivity index (χ0v) is 12.4. The van der Waals surface area contributed by atoms with Crippen molar-refractivity contribution >= 4 is 11.9 Å². The summed E-state index contributed by atoms with van der Waals surface area (Å²) >= 11 is 0. The van der Waals surface area contributed by atoms with Gasteiger partial charge in [0.25, 0.3) is 0 Å². The second-order valence-electron chi connectivity index (χ2n) is 4.98. The van der Waals surface area contributed by atoms with Crippen molar-refractivity contribution < 1.29 is 28.2 Å². The van der Waals surface area contributed by atoms with Gasteiger partial charge in [0.2, 0.25) is 12.3 Å². The lowest BCUT2D eigenvalue weighted by Crippen LogP contribution is -2.44. The molecule has 1 amide bonds. The summed E-state index contributed by atoms with van der Waals surface area (Å²) in [6.45, 7) is 1.61. The van der Waals surface area contributed by atoms with Gasteiger partial charge in [-0.1, -0.05) is 19.1 Å². The van der Waals surface area contributed by atoms with Crippen molar-refractivity contribution in [3.05, 3.63) is 29.8 Å². The highest BCUT2D eigenvalue weighted by Gasteiger charge is 2.26. The maximum Gasteiger partial charge on any atom is 0.326 e. The summed E-state index contributed by atoms with van der Waals surface area (Å²) in [5.41, 5.74) is 0.865. The van der Waals surface area contributed by atoms with Gasteiger partial charge in [-0.3, -0.25) is 4.79 Å². The van der Waals surface area contributed by atoms with Gasteiger partial charge in [0, 0.05) is 12.3 Å². The maximum absolute atomic E-state index is 12.3. The van der Waals surface area contributed by atoms with E-state index in [1.807, 2.05) is 0 Å². The molecule has 0 fully saturated rings. The number of carbonyl (C=O) groups excluding carboxylic acids is 1. The molecule has 0 heterocycles. The number of halogens is 2. The van der Waals surface area contributed by atoms with E-state index in [0.717, 1.165) is 5.56 Å². The van der Waals surface area contributed by atoms with E-state index in [-0.39, 0.29) is 0 Å². The first-order chi connectivity index (χ1) is 10.3. The molecule has 7 heteroatoms. The van der Waals surface area contributed by atoms with Gasteiger partial charge in [-0.15, -0.1) is 0 Å². The van der Waals surface area contributed by atoms with Crippen LogP contribution in [0.15, 0.2) is 24.3 Å². The van der Waals surface area contributed by atoms with Gasteiger partial charge in [-0.2, -0.15) is 0 Å². The Bertz CT molecular complexity index is 505. The van der Waals surface area contributed by atoms with Gasteiger partial charge >= 0.3 is 5.97 Å². The molecule has 5 nitrogen and oxygen atoms in total. The summed E-state index contributed by atoms with van der Waals surface area (Å²) in [6.07, 6.45) is -3.33. The van der Waals surface area contributed by atoms with Crippen LogP contribution in [0.5, 0.6) is 5.75 Å². The van der Waals surface area contributed by atoms with E-state index in [0.29, 0.717) is 12.2 Å². The average molecular weight is 315 g/mol. The molecule has 1 rings (SSSR count). The van der Waals surface area contributed by atoms with Crippen molar-refractivity contribution in [3.63, 3.8) is 0 Å². The van der Waals surface area contributed by atoms with E-state index in [9.17, 15) is 18.4 Å². The first kappa shape index (κ1) is 17.9.